The van der Waals surface area contributed by atoms with E-state index in [-0.39, 0.29) is 12.4 Å². The summed E-state index contributed by atoms with van der Waals surface area (Å²) in [6.45, 7) is 3.91. The fourth-order valence-electron chi connectivity index (χ4n) is 2.17. The Bertz CT molecular complexity index is 629. The van der Waals surface area contributed by atoms with Crippen LogP contribution in [0.2, 0.25) is 5.02 Å². The number of methoxy groups -OCH3 is 1. The second kappa shape index (κ2) is 8.75. The molecule has 2 rings (SSSR count). The summed E-state index contributed by atoms with van der Waals surface area (Å²) in [5.74, 6) is 0.802. The van der Waals surface area contributed by atoms with Crippen molar-refractivity contribution in [1.82, 2.24) is 5.32 Å². The van der Waals surface area contributed by atoms with Gasteiger partial charge in [0.05, 0.1) is 12.1 Å². The van der Waals surface area contributed by atoms with E-state index in [0.717, 1.165) is 25.1 Å². The molecule has 0 aliphatic rings. The number of halogens is 2. The molecule has 0 atom stereocenters. The Hall–Kier alpha value is -1.78. The van der Waals surface area contributed by atoms with E-state index in [9.17, 15) is 4.39 Å². The Morgan fingerprint density at radius 3 is 2.70 bits per heavy atom. The number of benzene rings is 2. The molecule has 0 spiro atoms. The van der Waals surface area contributed by atoms with Gasteiger partial charge in [-0.1, -0.05) is 30.7 Å². The van der Waals surface area contributed by atoms with Gasteiger partial charge in [-0.2, -0.15) is 0 Å². The fraction of sp³-hybridized carbons (Fsp3) is 0.333. The van der Waals surface area contributed by atoms with Crippen LogP contribution in [0.15, 0.2) is 36.4 Å². The van der Waals surface area contributed by atoms with Crippen molar-refractivity contribution in [2.45, 2.75) is 26.5 Å². The van der Waals surface area contributed by atoms with Crippen LogP contribution in [0.3, 0.4) is 0 Å². The maximum atomic E-state index is 13.8. The summed E-state index contributed by atoms with van der Waals surface area (Å²) in [5, 5.41) is 3.68. The first-order valence-corrected chi connectivity index (χ1v) is 7.96. The first-order valence-electron chi connectivity index (χ1n) is 7.59. The molecule has 0 bridgehead atoms. The van der Waals surface area contributed by atoms with Gasteiger partial charge in [0.25, 0.3) is 0 Å². The molecule has 0 unspecified atom stereocenters. The highest BCUT2D eigenvalue weighted by Gasteiger charge is 2.10. The topological polar surface area (TPSA) is 30.5 Å². The minimum Gasteiger partial charge on any atom is -0.493 e. The van der Waals surface area contributed by atoms with Gasteiger partial charge in [0.1, 0.15) is 12.4 Å². The minimum atomic E-state index is -0.378. The van der Waals surface area contributed by atoms with Gasteiger partial charge in [0.15, 0.2) is 11.5 Å². The van der Waals surface area contributed by atoms with Crippen LogP contribution >= 0.6 is 11.6 Å². The monoisotopic (exact) mass is 337 g/mol. The Morgan fingerprint density at radius 1 is 1.17 bits per heavy atom. The lowest BCUT2D eigenvalue weighted by molar-refractivity contribution is 0.279. The van der Waals surface area contributed by atoms with E-state index in [1.54, 1.807) is 19.2 Å². The lowest BCUT2D eigenvalue weighted by Crippen LogP contribution is -2.13. The van der Waals surface area contributed by atoms with Gasteiger partial charge in [-0.15, -0.1) is 0 Å². The molecule has 0 saturated heterocycles. The summed E-state index contributed by atoms with van der Waals surface area (Å²) in [5.41, 5.74) is 1.44. The quantitative estimate of drug-likeness (QED) is 0.716. The third-order valence-corrected chi connectivity index (χ3v) is 3.77. The summed E-state index contributed by atoms with van der Waals surface area (Å²) >= 11 is 6.01. The second-order valence-electron chi connectivity index (χ2n) is 5.15. The van der Waals surface area contributed by atoms with Crippen molar-refractivity contribution in [3.63, 3.8) is 0 Å². The summed E-state index contributed by atoms with van der Waals surface area (Å²) in [4.78, 5) is 0. The van der Waals surface area contributed by atoms with Crippen molar-refractivity contribution < 1.29 is 13.9 Å². The fourth-order valence-corrected chi connectivity index (χ4v) is 2.39. The molecular formula is C18H21ClFNO2. The molecular weight excluding hydrogens is 317 g/mol. The molecule has 0 aliphatic heterocycles. The van der Waals surface area contributed by atoms with Crippen molar-refractivity contribution in [2.24, 2.45) is 0 Å². The highest BCUT2D eigenvalue weighted by Crippen LogP contribution is 2.30. The zero-order valence-corrected chi connectivity index (χ0v) is 14.1. The lowest BCUT2D eigenvalue weighted by atomic mass is 10.2. The van der Waals surface area contributed by atoms with Crippen molar-refractivity contribution >= 4 is 11.6 Å². The van der Waals surface area contributed by atoms with Crippen LogP contribution in [-0.4, -0.2) is 13.7 Å². The van der Waals surface area contributed by atoms with E-state index in [1.807, 2.05) is 18.2 Å². The number of rotatable bonds is 8. The van der Waals surface area contributed by atoms with Gasteiger partial charge in [-0.25, -0.2) is 4.39 Å². The smallest absolute Gasteiger partial charge is 0.161 e. The SMILES string of the molecule is CCCNCc1ccc(OCc2c(F)cccc2Cl)c(OC)c1. The normalized spacial score (nSPS) is 10.6. The first kappa shape index (κ1) is 17.6. The number of hydrogen-bond donors (Lipinski definition) is 1. The molecule has 0 heterocycles. The standard InChI is InChI=1S/C18H21ClFNO2/c1-3-9-21-11-13-7-8-17(18(10-13)22-2)23-12-14-15(19)5-4-6-16(14)20/h4-8,10,21H,3,9,11-12H2,1-2H3. The summed E-state index contributed by atoms with van der Waals surface area (Å²) in [6.07, 6.45) is 1.09. The highest BCUT2D eigenvalue weighted by atomic mass is 35.5. The maximum absolute atomic E-state index is 13.8. The van der Waals surface area contributed by atoms with E-state index in [1.165, 1.54) is 6.07 Å². The van der Waals surface area contributed by atoms with E-state index in [2.05, 4.69) is 12.2 Å². The van der Waals surface area contributed by atoms with Gasteiger partial charge in [0, 0.05) is 12.1 Å². The van der Waals surface area contributed by atoms with Crippen molar-refractivity contribution in [3.8, 4) is 11.5 Å². The van der Waals surface area contributed by atoms with E-state index in [4.69, 9.17) is 21.1 Å². The minimum absolute atomic E-state index is 0.0509. The average Bonchev–Trinajstić information content (AvgIpc) is 2.55. The van der Waals surface area contributed by atoms with E-state index < -0.39 is 0 Å². The van der Waals surface area contributed by atoms with Gasteiger partial charge >= 0.3 is 0 Å². The zero-order chi connectivity index (χ0) is 16.7. The molecule has 0 aliphatic carbocycles. The zero-order valence-electron chi connectivity index (χ0n) is 13.4. The molecule has 23 heavy (non-hydrogen) atoms. The van der Waals surface area contributed by atoms with Crippen molar-refractivity contribution in [3.05, 3.63) is 58.4 Å². The van der Waals surface area contributed by atoms with Crippen LogP contribution in [-0.2, 0) is 13.2 Å². The molecule has 124 valence electrons. The predicted molar refractivity (Wildman–Crippen MR) is 90.7 cm³/mol. The molecule has 5 heteroatoms. The highest BCUT2D eigenvalue weighted by molar-refractivity contribution is 6.31. The molecule has 0 fully saturated rings. The summed E-state index contributed by atoms with van der Waals surface area (Å²) < 4.78 is 24.8. The maximum Gasteiger partial charge on any atom is 0.161 e. The van der Waals surface area contributed by atoms with Crippen LogP contribution in [0.4, 0.5) is 4.39 Å². The predicted octanol–water partition coefficient (Wildman–Crippen LogP) is 4.57. The van der Waals surface area contributed by atoms with Crippen molar-refractivity contribution in [1.29, 1.82) is 0 Å². The Morgan fingerprint density at radius 2 is 2.00 bits per heavy atom. The van der Waals surface area contributed by atoms with Crippen LogP contribution < -0.4 is 14.8 Å². The Balaban J connectivity index is 2.07. The molecule has 0 aromatic heterocycles. The van der Waals surface area contributed by atoms with Gasteiger partial charge in [-0.05, 0) is 42.8 Å². The second-order valence-corrected chi connectivity index (χ2v) is 5.56. The number of hydrogen-bond acceptors (Lipinski definition) is 3. The molecule has 0 radical (unpaired) electrons. The van der Waals surface area contributed by atoms with Crippen molar-refractivity contribution in [2.75, 3.05) is 13.7 Å². The molecule has 2 aromatic rings. The third-order valence-electron chi connectivity index (χ3n) is 3.42. The van der Waals surface area contributed by atoms with Gasteiger partial charge in [0.2, 0.25) is 0 Å². The average molecular weight is 338 g/mol. The first-order chi connectivity index (χ1) is 11.2. The molecule has 0 amide bonds. The molecule has 0 saturated carbocycles. The summed E-state index contributed by atoms with van der Waals surface area (Å²) in [6, 6.07) is 10.3. The summed E-state index contributed by atoms with van der Waals surface area (Å²) in [7, 11) is 1.58. The van der Waals surface area contributed by atoms with E-state index >= 15 is 0 Å². The number of nitrogens with one attached hydrogen (secondary N) is 1. The molecule has 3 nitrogen and oxygen atoms in total. The number of ether oxygens (including phenoxy) is 2. The third kappa shape index (κ3) is 4.85. The largest absolute Gasteiger partial charge is 0.493 e. The molecule has 2 aromatic carbocycles. The van der Waals surface area contributed by atoms with E-state index in [0.29, 0.717) is 22.1 Å². The van der Waals surface area contributed by atoms with Crippen LogP contribution in [0.5, 0.6) is 11.5 Å². The Labute approximate surface area is 141 Å². The van der Waals surface area contributed by atoms with Crippen LogP contribution in [0.25, 0.3) is 0 Å². The van der Waals surface area contributed by atoms with Crippen LogP contribution in [0.1, 0.15) is 24.5 Å². The Kier molecular flexibility index (Phi) is 6.68. The van der Waals surface area contributed by atoms with Gasteiger partial charge in [-0.3, -0.25) is 0 Å². The lowest BCUT2D eigenvalue weighted by Gasteiger charge is -2.13. The van der Waals surface area contributed by atoms with Crippen LogP contribution in [0, 0.1) is 5.82 Å². The molecule has 1 N–H and O–H groups in total. The van der Waals surface area contributed by atoms with Gasteiger partial charge < -0.3 is 14.8 Å².